The topological polar surface area (TPSA) is 23.8 Å². The summed E-state index contributed by atoms with van der Waals surface area (Å²) in [4.78, 5) is 0. The molecule has 0 fully saturated rings. The number of nitriles is 1. The molecule has 0 aromatic rings. The van der Waals surface area contributed by atoms with Crippen molar-refractivity contribution in [1.82, 2.24) is 0 Å². The molecule has 1 aliphatic rings. The Hall–Kier alpha value is -1.29. The van der Waals surface area contributed by atoms with Crippen LogP contribution in [0.15, 0.2) is 36.0 Å². The Morgan fingerprint density at radius 1 is 1.73 bits per heavy atom. The van der Waals surface area contributed by atoms with Crippen molar-refractivity contribution in [2.45, 2.75) is 13.3 Å². The monoisotopic (exact) mass is 145 g/mol. The van der Waals surface area contributed by atoms with Crippen LogP contribution < -0.4 is 0 Å². The van der Waals surface area contributed by atoms with Crippen LogP contribution in [-0.2, 0) is 0 Å². The second kappa shape index (κ2) is 3.21. The zero-order chi connectivity index (χ0) is 8.27. The largest absolute Gasteiger partial charge is 0.197 e. The van der Waals surface area contributed by atoms with Crippen LogP contribution in [0.3, 0.4) is 0 Å². The van der Waals surface area contributed by atoms with E-state index in [2.05, 4.69) is 19.6 Å². The average molecular weight is 145 g/mol. The highest BCUT2D eigenvalue weighted by Crippen LogP contribution is 2.21. The highest BCUT2D eigenvalue weighted by Gasteiger charge is 2.09. The van der Waals surface area contributed by atoms with Gasteiger partial charge >= 0.3 is 0 Å². The molecule has 11 heavy (non-hydrogen) atoms. The minimum absolute atomic E-state index is 0.0938. The van der Waals surface area contributed by atoms with Gasteiger partial charge in [0.05, 0.1) is 12.0 Å². The Bertz CT molecular complexity index is 263. The molecule has 0 radical (unpaired) electrons. The van der Waals surface area contributed by atoms with Gasteiger partial charge in [0.25, 0.3) is 0 Å². The molecule has 0 aromatic heterocycles. The van der Waals surface area contributed by atoms with Gasteiger partial charge in [-0.05, 0) is 13.3 Å². The van der Waals surface area contributed by atoms with Crippen molar-refractivity contribution < 1.29 is 0 Å². The molecule has 0 bridgehead atoms. The van der Waals surface area contributed by atoms with Gasteiger partial charge in [0, 0.05) is 0 Å². The first-order valence-electron chi connectivity index (χ1n) is 3.65. The van der Waals surface area contributed by atoms with Crippen molar-refractivity contribution in [3.05, 3.63) is 36.0 Å². The minimum atomic E-state index is -0.0938. The molecule has 56 valence electrons. The molecule has 0 amide bonds. The third-order valence-corrected chi connectivity index (χ3v) is 1.77. The van der Waals surface area contributed by atoms with E-state index in [4.69, 9.17) is 5.26 Å². The number of hydrogen-bond acceptors (Lipinski definition) is 1. The van der Waals surface area contributed by atoms with E-state index >= 15 is 0 Å². The summed E-state index contributed by atoms with van der Waals surface area (Å²) in [6.45, 7) is 5.91. The fraction of sp³-hybridized carbons (Fsp3) is 0.300. The fourth-order valence-electron chi connectivity index (χ4n) is 1.13. The predicted octanol–water partition coefficient (Wildman–Crippen LogP) is 2.59. The maximum atomic E-state index is 8.69. The Morgan fingerprint density at radius 3 is 3.09 bits per heavy atom. The molecular weight excluding hydrogens is 134 g/mol. The van der Waals surface area contributed by atoms with Crippen molar-refractivity contribution in [2.75, 3.05) is 0 Å². The lowest BCUT2D eigenvalue weighted by molar-refractivity contribution is 0.927. The Labute approximate surface area is 67.3 Å². The molecule has 0 unspecified atom stereocenters. The zero-order valence-electron chi connectivity index (χ0n) is 6.67. The molecule has 1 rings (SSSR count). The predicted molar refractivity (Wildman–Crippen MR) is 45.8 cm³/mol. The zero-order valence-corrected chi connectivity index (χ0v) is 6.67. The van der Waals surface area contributed by atoms with Gasteiger partial charge in [-0.15, -0.1) is 0 Å². The van der Waals surface area contributed by atoms with Crippen LogP contribution in [-0.4, -0.2) is 0 Å². The second-order valence-corrected chi connectivity index (χ2v) is 2.84. The van der Waals surface area contributed by atoms with Crippen molar-refractivity contribution >= 4 is 0 Å². The lowest BCUT2D eigenvalue weighted by Gasteiger charge is -2.04. The highest BCUT2D eigenvalue weighted by atomic mass is 14.3. The first-order chi connectivity index (χ1) is 5.24. The molecule has 0 aromatic carbocycles. The van der Waals surface area contributed by atoms with Crippen molar-refractivity contribution in [3.8, 4) is 6.07 Å². The molecule has 1 atom stereocenters. The smallest absolute Gasteiger partial charge is 0.0857 e. The van der Waals surface area contributed by atoms with Crippen LogP contribution in [0.4, 0.5) is 0 Å². The summed E-state index contributed by atoms with van der Waals surface area (Å²) in [6.07, 6.45) is 6.70. The van der Waals surface area contributed by atoms with Gasteiger partial charge in [-0.3, -0.25) is 0 Å². The quantitative estimate of drug-likeness (QED) is 0.480. The van der Waals surface area contributed by atoms with Gasteiger partial charge in [-0.25, -0.2) is 0 Å². The molecule has 0 spiro atoms. The van der Waals surface area contributed by atoms with E-state index in [0.717, 1.165) is 12.0 Å². The summed E-state index contributed by atoms with van der Waals surface area (Å²) >= 11 is 0. The first-order valence-corrected chi connectivity index (χ1v) is 3.65. The first kappa shape index (κ1) is 7.81. The third kappa shape index (κ3) is 1.81. The molecule has 0 heterocycles. The molecule has 1 aliphatic carbocycles. The summed E-state index contributed by atoms with van der Waals surface area (Å²) < 4.78 is 0. The van der Waals surface area contributed by atoms with Gasteiger partial charge in [-0.2, -0.15) is 5.26 Å². The van der Waals surface area contributed by atoms with Gasteiger partial charge in [0.1, 0.15) is 0 Å². The van der Waals surface area contributed by atoms with Crippen molar-refractivity contribution in [3.63, 3.8) is 0 Å². The van der Waals surface area contributed by atoms with Crippen LogP contribution in [0.2, 0.25) is 0 Å². The van der Waals surface area contributed by atoms with Gasteiger partial charge < -0.3 is 0 Å². The molecule has 0 saturated heterocycles. The van der Waals surface area contributed by atoms with Gasteiger partial charge in [0.2, 0.25) is 0 Å². The molecule has 1 heteroatoms. The maximum absolute atomic E-state index is 8.69. The van der Waals surface area contributed by atoms with Crippen LogP contribution in [0.1, 0.15) is 13.3 Å². The van der Waals surface area contributed by atoms with E-state index < -0.39 is 0 Å². The standard InChI is InChI=1S/C10H11N/c1-8-4-3-5-10(7-11)9(2)6-8/h3-5,10H,2,6H2,1H3/t10-/m0/s1. The van der Waals surface area contributed by atoms with Crippen LogP contribution >= 0.6 is 0 Å². The highest BCUT2D eigenvalue weighted by molar-refractivity contribution is 5.30. The molecule has 0 aliphatic heterocycles. The summed E-state index contributed by atoms with van der Waals surface area (Å²) in [5.74, 6) is -0.0938. The van der Waals surface area contributed by atoms with Gasteiger partial charge in [0.15, 0.2) is 0 Å². The van der Waals surface area contributed by atoms with E-state index in [9.17, 15) is 0 Å². The third-order valence-electron chi connectivity index (χ3n) is 1.77. The fourth-order valence-corrected chi connectivity index (χ4v) is 1.13. The van der Waals surface area contributed by atoms with Gasteiger partial charge in [-0.1, -0.05) is 36.0 Å². The number of allylic oxidation sites excluding steroid dienone is 5. The second-order valence-electron chi connectivity index (χ2n) is 2.84. The van der Waals surface area contributed by atoms with Crippen LogP contribution in [0, 0.1) is 17.2 Å². The van der Waals surface area contributed by atoms with E-state index in [1.54, 1.807) is 0 Å². The lowest BCUT2D eigenvalue weighted by Crippen LogP contribution is -1.95. The number of nitrogens with zero attached hydrogens (tertiary/aromatic N) is 1. The molecule has 1 nitrogen and oxygen atoms in total. The summed E-state index contributed by atoms with van der Waals surface area (Å²) in [7, 11) is 0. The van der Waals surface area contributed by atoms with E-state index in [1.165, 1.54) is 5.57 Å². The van der Waals surface area contributed by atoms with Crippen molar-refractivity contribution in [1.29, 1.82) is 5.26 Å². The lowest BCUT2D eigenvalue weighted by atomic mass is 9.98. The summed E-state index contributed by atoms with van der Waals surface area (Å²) in [6, 6.07) is 2.19. The Kier molecular flexibility index (Phi) is 2.28. The molecule has 0 N–H and O–H groups in total. The minimum Gasteiger partial charge on any atom is -0.197 e. The SMILES string of the molecule is C=C1CC(C)=CC=C[C@H]1C#N. The van der Waals surface area contributed by atoms with E-state index in [1.807, 2.05) is 18.2 Å². The average Bonchev–Trinajstić information content (AvgIpc) is 2.11. The maximum Gasteiger partial charge on any atom is 0.0857 e. The summed E-state index contributed by atoms with van der Waals surface area (Å²) in [5.41, 5.74) is 2.26. The number of hydrogen-bond donors (Lipinski definition) is 0. The van der Waals surface area contributed by atoms with E-state index in [-0.39, 0.29) is 5.92 Å². The van der Waals surface area contributed by atoms with Crippen LogP contribution in [0.25, 0.3) is 0 Å². The number of rotatable bonds is 0. The normalized spacial score (nSPS) is 23.8. The molecule has 0 saturated carbocycles. The van der Waals surface area contributed by atoms with Crippen molar-refractivity contribution in [2.24, 2.45) is 5.92 Å². The van der Waals surface area contributed by atoms with E-state index in [0.29, 0.717) is 0 Å². The Balaban J connectivity index is 2.83. The van der Waals surface area contributed by atoms with Crippen LogP contribution in [0.5, 0.6) is 0 Å². The summed E-state index contributed by atoms with van der Waals surface area (Å²) in [5, 5.41) is 8.69. The molecular formula is C10H11N. The Morgan fingerprint density at radius 2 is 2.45 bits per heavy atom.